The number of benzene rings is 1. The van der Waals surface area contributed by atoms with E-state index in [1.807, 2.05) is 0 Å². The fraction of sp³-hybridized carbons (Fsp3) is 0.636. The van der Waals surface area contributed by atoms with Gasteiger partial charge in [-0.1, -0.05) is 0 Å². The van der Waals surface area contributed by atoms with Crippen molar-refractivity contribution in [2.45, 2.75) is 81.6 Å². The smallest absolute Gasteiger partial charge is 0.435 e. The number of fused-ring (bicyclic) bond motifs is 1. The van der Waals surface area contributed by atoms with Gasteiger partial charge in [0.1, 0.15) is 33.3 Å². The maximum Gasteiger partial charge on any atom is 0.435 e. The molecule has 3 rings (SSSR count). The van der Waals surface area contributed by atoms with E-state index in [2.05, 4.69) is 10.3 Å². The van der Waals surface area contributed by atoms with Gasteiger partial charge in [-0.05, 0) is 73.1 Å². The van der Waals surface area contributed by atoms with Crippen LogP contribution in [0.25, 0.3) is 0 Å². The zero-order valence-electron chi connectivity index (χ0n) is 19.4. The fourth-order valence-electron chi connectivity index (χ4n) is 4.14. The molecule has 0 bridgehead atoms. The number of halogens is 1. The topological polar surface area (TPSA) is 114 Å². The Morgan fingerprint density at radius 2 is 1.91 bits per heavy atom. The normalized spacial score (nSPS) is 29.6. The molecule has 2 fully saturated rings. The van der Waals surface area contributed by atoms with E-state index in [0.29, 0.717) is 0 Å². The van der Waals surface area contributed by atoms with Crippen molar-refractivity contribution >= 4 is 21.8 Å². The molecule has 2 atom stereocenters. The summed E-state index contributed by atoms with van der Waals surface area (Å²) in [5.41, 5.74) is -3.30. The first-order valence-electron chi connectivity index (χ1n) is 10.4. The molecule has 2 heterocycles. The number of hydrogen-bond donors (Lipinski definition) is 2. The Bertz CT molecular complexity index is 1070. The maximum atomic E-state index is 15.0. The van der Waals surface area contributed by atoms with E-state index in [1.165, 1.54) is 26.0 Å². The first-order valence-corrected chi connectivity index (χ1v) is 11.9. The minimum absolute atomic E-state index is 0.0700. The monoisotopic (exact) mass is 470 g/mol. The zero-order chi connectivity index (χ0) is 24.3. The standard InChI is InChI=1S/C22H31FN2O6S/c1-19(2,3)31-18(27)24-17-21(6,7)32(28,29)16-11-20(4,5)30-12-22(16,25-17)14-10-13(26)8-9-15(14)23/h8-10,16,26H,11-12H2,1-7H3,(H,24,25,27)/t16-,22-/m1/s1. The number of nitrogens with one attached hydrogen (secondary N) is 1. The number of ether oxygens (including phenoxy) is 2. The number of phenols is 1. The van der Waals surface area contributed by atoms with Crippen LogP contribution in [0, 0.1) is 5.82 Å². The van der Waals surface area contributed by atoms with Gasteiger partial charge >= 0.3 is 6.09 Å². The summed E-state index contributed by atoms with van der Waals surface area (Å²) in [6.07, 6.45) is -0.897. The number of aliphatic imine (C=N–C) groups is 1. The van der Waals surface area contributed by atoms with Crippen molar-refractivity contribution in [1.82, 2.24) is 5.32 Å². The van der Waals surface area contributed by atoms with Crippen LogP contribution in [0.1, 0.15) is 60.5 Å². The molecule has 8 nitrogen and oxygen atoms in total. The van der Waals surface area contributed by atoms with Gasteiger partial charge in [-0.3, -0.25) is 0 Å². The molecule has 2 aliphatic rings. The molecule has 0 spiro atoms. The van der Waals surface area contributed by atoms with Crippen LogP contribution in [0.3, 0.4) is 0 Å². The molecule has 1 aromatic carbocycles. The summed E-state index contributed by atoms with van der Waals surface area (Å²) in [5, 5.41) is 12.0. The highest BCUT2D eigenvalue weighted by Crippen LogP contribution is 2.48. The first-order chi connectivity index (χ1) is 14.4. The van der Waals surface area contributed by atoms with Crippen molar-refractivity contribution in [3.8, 4) is 5.75 Å². The van der Waals surface area contributed by atoms with E-state index in [1.54, 1.807) is 34.6 Å². The van der Waals surface area contributed by atoms with Gasteiger partial charge in [0.15, 0.2) is 9.84 Å². The highest BCUT2D eigenvalue weighted by Gasteiger charge is 2.64. The Morgan fingerprint density at radius 1 is 1.28 bits per heavy atom. The molecule has 2 aliphatic heterocycles. The number of carbonyl (C=O) groups excluding carboxylic acids is 1. The van der Waals surface area contributed by atoms with E-state index >= 15 is 4.39 Å². The number of rotatable bonds is 1. The third-order valence-electron chi connectivity index (χ3n) is 5.94. The molecule has 1 aromatic rings. The Morgan fingerprint density at radius 3 is 2.50 bits per heavy atom. The van der Waals surface area contributed by atoms with Gasteiger partial charge in [0, 0.05) is 5.56 Å². The lowest BCUT2D eigenvalue weighted by Crippen LogP contribution is -2.74. The van der Waals surface area contributed by atoms with Crippen molar-refractivity contribution in [1.29, 1.82) is 0 Å². The summed E-state index contributed by atoms with van der Waals surface area (Å²) in [6.45, 7) is 11.2. The van der Waals surface area contributed by atoms with Crippen LogP contribution in [0.15, 0.2) is 23.2 Å². The zero-order valence-corrected chi connectivity index (χ0v) is 20.3. The van der Waals surface area contributed by atoms with Crippen LogP contribution >= 0.6 is 0 Å². The lowest BCUT2D eigenvalue weighted by molar-refractivity contribution is -0.0919. The molecule has 2 saturated heterocycles. The summed E-state index contributed by atoms with van der Waals surface area (Å²) >= 11 is 0. The molecule has 2 N–H and O–H groups in total. The van der Waals surface area contributed by atoms with Crippen molar-refractivity contribution in [2.24, 2.45) is 4.99 Å². The number of aromatic hydroxyl groups is 1. The SMILES string of the molecule is CC(C)(C)OC(=O)/N=C1/N[C@@]2(c3cc(O)ccc3F)COC(C)(C)C[C@H]2S(=O)(=O)C1(C)C. The van der Waals surface area contributed by atoms with E-state index in [-0.39, 0.29) is 30.2 Å². The number of phenolic OH excluding ortho intramolecular Hbond substituents is 1. The molecule has 10 heteroatoms. The van der Waals surface area contributed by atoms with Crippen LogP contribution in [0.2, 0.25) is 0 Å². The van der Waals surface area contributed by atoms with E-state index in [4.69, 9.17) is 9.47 Å². The van der Waals surface area contributed by atoms with Gasteiger partial charge in [0.25, 0.3) is 0 Å². The number of carbonyl (C=O) groups is 1. The molecule has 0 aromatic heterocycles. The average Bonchev–Trinajstić information content (AvgIpc) is 2.61. The molecule has 0 aliphatic carbocycles. The highest BCUT2D eigenvalue weighted by atomic mass is 32.2. The summed E-state index contributed by atoms with van der Waals surface area (Å²) in [5.74, 6) is -1.11. The minimum atomic E-state index is -4.04. The molecule has 0 unspecified atom stereocenters. The van der Waals surface area contributed by atoms with E-state index < -0.39 is 48.5 Å². The second kappa shape index (κ2) is 7.41. The van der Waals surface area contributed by atoms with Gasteiger partial charge in [0.2, 0.25) is 0 Å². The fourth-order valence-corrected chi connectivity index (χ4v) is 6.62. The number of amidine groups is 1. The number of amides is 1. The average molecular weight is 471 g/mol. The molecular weight excluding hydrogens is 439 g/mol. The Hall–Kier alpha value is -2.20. The second-order valence-corrected chi connectivity index (χ2v) is 13.2. The predicted octanol–water partition coefficient (Wildman–Crippen LogP) is 3.42. The van der Waals surface area contributed by atoms with Gasteiger partial charge in [-0.2, -0.15) is 4.99 Å². The lowest BCUT2D eigenvalue weighted by Gasteiger charge is -2.55. The largest absolute Gasteiger partial charge is 0.508 e. The summed E-state index contributed by atoms with van der Waals surface area (Å²) in [6, 6.07) is 3.42. The maximum absolute atomic E-state index is 15.0. The lowest BCUT2D eigenvalue weighted by atomic mass is 9.78. The molecule has 1 amide bonds. The first kappa shape index (κ1) is 24.4. The Kier molecular flexibility index (Phi) is 5.66. The molecule has 0 radical (unpaired) electrons. The molecular formula is C22H31FN2O6S. The van der Waals surface area contributed by atoms with E-state index in [0.717, 1.165) is 6.07 Å². The van der Waals surface area contributed by atoms with Crippen molar-refractivity contribution in [3.63, 3.8) is 0 Å². The Labute approximate surface area is 188 Å². The number of sulfone groups is 1. The number of hydrogen-bond acceptors (Lipinski definition) is 6. The van der Waals surface area contributed by atoms with Crippen molar-refractivity contribution in [2.75, 3.05) is 6.61 Å². The molecule has 0 saturated carbocycles. The van der Waals surface area contributed by atoms with Crippen molar-refractivity contribution in [3.05, 3.63) is 29.6 Å². The van der Waals surface area contributed by atoms with Crippen molar-refractivity contribution < 1.29 is 32.2 Å². The molecule has 32 heavy (non-hydrogen) atoms. The van der Waals surface area contributed by atoms with Crippen LogP contribution in [0.4, 0.5) is 9.18 Å². The van der Waals surface area contributed by atoms with Crippen LogP contribution in [0.5, 0.6) is 5.75 Å². The minimum Gasteiger partial charge on any atom is -0.508 e. The third-order valence-corrected chi connectivity index (χ3v) is 8.88. The second-order valence-electron chi connectivity index (χ2n) is 10.5. The van der Waals surface area contributed by atoms with Gasteiger partial charge in [-0.25, -0.2) is 17.6 Å². The van der Waals surface area contributed by atoms with Gasteiger partial charge < -0.3 is 19.9 Å². The highest BCUT2D eigenvalue weighted by molar-refractivity contribution is 7.94. The summed E-state index contributed by atoms with van der Waals surface area (Å²) in [7, 11) is -4.04. The summed E-state index contributed by atoms with van der Waals surface area (Å²) in [4.78, 5) is 16.4. The number of nitrogens with zero attached hydrogens (tertiary/aromatic N) is 1. The van der Waals surface area contributed by atoms with Gasteiger partial charge in [-0.15, -0.1) is 0 Å². The Balaban J connectivity index is 2.25. The van der Waals surface area contributed by atoms with Crippen LogP contribution in [-0.2, 0) is 24.8 Å². The molecule has 178 valence electrons. The predicted molar refractivity (Wildman–Crippen MR) is 118 cm³/mol. The van der Waals surface area contributed by atoms with E-state index in [9.17, 15) is 18.3 Å². The van der Waals surface area contributed by atoms with Crippen LogP contribution in [-0.4, -0.2) is 53.3 Å². The quantitative estimate of drug-likeness (QED) is 0.646. The third kappa shape index (κ3) is 4.10. The summed E-state index contributed by atoms with van der Waals surface area (Å²) < 4.78 is 52.4. The van der Waals surface area contributed by atoms with Crippen LogP contribution < -0.4 is 5.32 Å². The van der Waals surface area contributed by atoms with Gasteiger partial charge in [0.05, 0.1) is 17.5 Å².